The molecule has 54 valence electrons. The second-order valence-electron chi connectivity index (χ2n) is 1.72. The molecule has 5 nitrogen and oxygen atoms in total. The summed E-state index contributed by atoms with van der Waals surface area (Å²) in [6.45, 7) is 1.69. The Hall–Kier alpha value is -1.52. The predicted octanol–water partition coefficient (Wildman–Crippen LogP) is 0.298. The van der Waals surface area contributed by atoms with Crippen LogP contribution in [0.1, 0.15) is 5.69 Å². The Morgan fingerprint density at radius 2 is 2.60 bits per heavy atom. The molecule has 0 bridgehead atoms. The maximum atomic E-state index is 9.95. The van der Waals surface area contributed by atoms with Crippen LogP contribution in [0.4, 0.5) is 4.79 Å². The number of carbonyl (C=O) groups is 1. The van der Waals surface area contributed by atoms with Gasteiger partial charge in [0.05, 0.1) is 11.9 Å². The maximum Gasteiger partial charge on any atom is 0.531 e. The van der Waals surface area contributed by atoms with E-state index in [1.165, 1.54) is 12.5 Å². The third-order valence-corrected chi connectivity index (χ3v) is 0.957. The Morgan fingerprint density at radius 3 is 3.00 bits per heavy atom. The summed E-state index contributed by atoms with van der Waals surface area (Å²) in [5, 5.41) is 8.14. The van der Waals surface area contributed by atoms with Crippen LogP contribution in [0.15, 0.2) is 12.5 Å². The first kappa shape index (κ1) is 6.60. The van der Waals surface area contributed by atoms with E-state index in [1.54, 1.807) is 6.92 Å². The molecule has 0 aliphatic rings. The number of imidazole rings is 1. The summed E-state index contributed by atoms with van der Waals surface area (Å²) in [5.74, 6) is 0. The van der Waals surface area contributed by atoms with Crippen molar-refractivity contribution in [3.05, 3.63) is 18.2 Å². The fourth-order valence-corrected chi connectivity index (χ4v) is 0.529. The Labute approximate surface area is 56.8 Å². The van der Waals surface area contributed by atoms with Gasteiger partial charge in [0.1, 0.15) is 6.33 Å². The van der Waals surface area contributed by atoms with Crippen LogP contribution in [-0.2, 0) is 0 Å². The van der Waals surface area contributed by atoms with E-state index in [-0.39, 0.29) is 0 Å². The normalized spacial score (nSPS) is 9.30. The molecule has 0 atom stereocenters. The van der Waals surface area contributed by atoms with Crippen LogP contribution in [0.3, 0.4) is 0 Å². The number of aryl methyl sites for hydroxylation is 1. The van der Waals surface area contributed by atoms with Crippen LogP contribution < -0.4 is 4.84 Å². The molecule has 0 amide bonds. The van der Waals surface area contributed by atoms with E-state index >= 15 is 0 Å². The summed E-state index contributed by atoms with van der Waals surface area (Å²) >= 11 is 0. The largest absolute Gasteiger partial charge is 0.531 e. The number of carboxylic acid groups (broad SMARTS) is 1. The van der Waals surface area contributed by atoms with Crippen molar-refractivity contribution in [3.63, 3.8) is 0 Å². The van der Waals surface area contributed by atoms with Gasteiger partial charge in [-0.2, -0.15) is 4.73 Å². The topological polar surface area (TPSA) is 64.4 Å². The van der Waals surface area contributed by atoms with Gasteiger partial charge in [0.25, 0.3) is 0 Å². The van der Waals surface area contributed by atoms with E-state index in [1.807, 2.05) is 0 Å². The Morgan fingerprint density at radius 1 is 1.90 bits per heavy atom. The molecule has 1 aromatic heterocycles. The van der Waals surface area contributed by atoms with Gasteiger partial charge in [-0.1, -0.05) is 0 Å². The fraction of sp³-hybridized carbons (Fsp3) is 0.200. The van der Waals surface area contributed by atoms with Gasteiger partial charge >= 0.3 is 6.16 Å². The van der Waals surface area contributed by atoms with Crippen molar-refractivity contribution in [1.29, 1.82) is 0 Å². The molecule has 10 heavy (non-hydrogen) atoms. The second kappa shape index (κ2) is 2.38. The van der Waals surface area contributed by atoms with Crippen molar-refractivity contribution >= 4 is 6.16 Å². The van der Waals surface area contributed by atoms with Crippen LogP contribution in [0, 0.1) is 6.92 Å². The number of nitrogens with zero attached hydrogens (tertiary/aromatic N) is 2. The van der Waals surface area contributed by atoms with Crippen molar-refractivity contribution in [2.75, 3.05) is 0 Å². The lowest BCUT2D eigenvalue weighted by Crippen LogP contribution is -2.17. The van der Waals surface area contributed by atoms with Gasteiger partial charge in [-0.05, 0) is 6.92 Å². The van der Waals surface area contributed by atoms with Gasteiger partial charge in [0.15, 0.2) is 0 Å². The zero-order chi connectivity index (χ0) is 7.56. The highest BCUT2D eigenvalue weighted by Gasteiger charge is 2.00. The first-order valence-corrected chi connectivity index (χ1v) is 2.60. The lowest BCUT2D eigenvalue weighted by atomic mass is 10.6. The quantitative estimate of drug-likeness (QED) is 0.612. The Kier molecular flexibility index (Phi) is 1.57. The number of rotatable bonds is 1. The molecule has 0 spiro atoms. The van der Waals surface area contributed by atoms with Crippen LogP contribution in [0.5, 0.6) is 0 Å². The van der Waals surface area contributed by atoms with Crippen LogP contribution in [0.25, 0.3) is 0 Å². The van der Waals surface area contributed by atoms with Gasteiger partial charge in [0.2, 0.25) is 0 Å². The minimum absolute atomic E-state index is 0.641. The molecule has 0 saturated carbocycles. The summed E-state index contributed by atoms with van der Waals surface area (Å²) < 4.78 is 1.07. The molecule has 5 heteroatoms. The minimum Gasteiger partial charge on any atom is -0.448 e. The van der Waals surface area contributed by atoms with E-state index in [0.29, 0.717) is 5.69 Å². The van der Waals surface area contributed by atoms with Crippen LogP contribution >= 0.6 is 0 Å². The molecular formula is C5H6N2O3. The van der Waals surface area contributed by atoms with Crippen LogP contribution in [-0.4, -0.2) is 21.0 Å². The summed E-state index contributed by atoms with van der Waals surface area (Å²) in [6, 6.07) is 0. The van der Waals surface area contributed by atoms with E-state index in [0.717, 1.165) is 4.73 Å². The van der Waals surface area contributed by atoms with Gasteiger partial charge in [0, 0.05) is 0 Å². The van der Waals surface area contributed by atoms with Crippen molar-refractivity contribution < 1.29 is 14.7 Å². The lowest BCUT2D eigenvalue weighted by molar-refractivity contribution is 0.0795. The molecular weight excluding hydrogens is 136 g/mol. The summed E-state index contributed by atoms with van der Waals surface area (Å²) in [5.41, 5.74) is 0.641. The van der Waals surface area contributed by atoms with Crippen molar-refractivity contribution in [3.8, 4) is 0 Å². The summed E-state index contributed by atoms with van der Waals surface area (Å²) in [6.07, 6.45) is 1.44. The highest BCUT2D eigenvalue weighted by Crippen LogP contribution is 1.91. The Bertz CT molecular complexity index is 243. The van der Waals surface area contributed by atoms with Crippen LogP contribution in [0.2, 0.25) is 0 Å². The fourth-order valence-electron chi connectivity index (χ4n) is 0.529. The monoisotopic (exact) mass is 142 g/mol. The second-order valence-corrected chi connectivity index (χ2v) is 1.72. The third-order valence-electron chi connectivity index (χ3n) is 0.957. The molecule has 1 heterocycles. The smallest absolute Gasteiger partial charge is 0.448 e. The van der Waals surface area contributed by atoms with Gasteiger partial charge in [-0.25, -0.2) is 9.78 Å². The van der Waals surface area contributed by atoms with Gasteiger partial charge in [-0.15, -0.1) is 0 Å². The molecule has 0 fully saturated rings. The SMILES string of the molecule is Cc1cncn1OC(=O)O. The van der Waals surface area contributed by atoms with Gasteiger partial charge < -0.3 is 9.94 Å². The summed E-state index contributed by atoms with van der Waals surface area (Å²) in [7, 11) is 0. The molecule has 0 aliphatic heterocycles. The van der Waals surface area contributed by atoms with Crippen molar-refractivity contribution in [2.45, 2.75) is 6.92 Å². The minimum atomic E-state index is -1.35. The van der Waals surface area contributed by atoms with Crippen molar-refractivity contribution in [1.82, 2.24) is 9.71 Å². The zero-order valence-electron chi connectivity index (χ0n) is 5.31. The third kappa shape index (κ3) is 1.25. The lowest BCUT2D eigenvalue weighted by Gasteiger charge is -1.98. The highest BCUT2D eigenvalue weighted by atomic mass is 16.8. The zero-order valence-corrected chi connectivity index (χ0v) is 5.31. The predicted molar refractivity (Wildman–Crippen MR) is 31.6 cm³/mol. The van der Waals surface area contributed by atoms with E-state index in [9.17, 15) is 4.79 Å². The van der Waals surface area contributed by atoms with Gasteiger partial charge in [-0.3, -0.25) is 0 Å². The molecule has 0 aromatic carbocycles. The van der Waals surface area contributed by atoms with E-state index in [2.05, 4.69) is 9.82 Å². The molecule has 0 unspecified atom stereocenters. The molecule has 1 aromatic rings. The first-order chi connectivity index (χ1) is 4.70. The highest BCUT2D eigenvalue weighted by molar-refractivity contribution is 5.57. The van der Waals surface area contributed by atoms with E-state index in [4.69, 9.17) is 5.11 Å². The first-order valence-electron chi connectivity index (χ1n) is 2.60. The number of aromatic nitrogens is 2. The number of hydrogen-bond acceptors (Lipinski definition) is 3. The van der Waals surface area contributed by atoms with Crippen molar-refractivity contribution in [2.24, 2.45) is 0 Å². The van der Waals surface area contributed by atoms with E-state index < -0.39 is 6.16 Å². The molecule has 0 radical (unpaired) electrons. The molecule has 0 saturated heterocycles. The average Bonchev–Trinajstić information content (AvgIpc) is 2.15. The Balaban J connectivity index is 2.74. The average molecular weight is 142 g/mol. The molecule has 1 rings (SSSR count). The summed E-state index contributed by atoms with van der Waals surface area (Å²) in [4.78, 5) is 17.9. The maximum absolute atomic E-state index is 9.95. The molecule has 1 N–H and O–H groups in total. The molecule has 0 aliphatic carbocycles. The standard InChI is InChI=1S/C5H6N2O3/c1-4-2-6-3-7(4)10-5(8)9/h2-3H,1H3,(H,8,9). The number of hydrogen-bond donors (Lipinski definition) is 1.